The molecule has 13 nitrogen and oxygen atoms in total. The van der Waals surface area contributed by atoms with Crippen LogP contribution in [0.15, 0.2) is 0 Å². The number of carboxylic acids is 2. The van der Waals surface area contributed by atoms with Gasteiger partial charge in [0, 0.05) is 0 Å². The summed E-state index contributed by atoms with van der Waals surface area (Å²) in [6, 6.07) is -5.22. The Labute approximate surface area is 173 Å². The van der Waals surface area contributed by atoms with Gasteiger partial charge in [0.1, 0.15) is 24.2 Å². The lowest BCUT2D eigenvalue weighted by molar-refractivity contribution is -0.147. The van der Waals surface area contributed by atoms with Gasteiger partial charge in [-0.25, -0.2) is 4.79 Å². The third-order valence-corrected chi connectivity index (χ3v) is 4.15. The number of hydrogen-bond donors (Lipinski definition) is 8. The van der Waals surface area contributed by atoms with Gasteiger partial charge in [0.25, 0.3) is 0 Å². The van der Waals surface area contributed by atoms with Crippen molar-refractivity contribution >= 4 is 29.7 Å². The van der Waals surface area contributed by atoms with E-state index in [-0.39, 0.29) is 6.42 Å². The second-order valence-electron chi connectivity index (χ2n) is 6.84. The average molecular weight is 433 g/mol. The van der Waals surface area contributed by atoms with Crippen molar-refractivity contribution in [3.63, 3.8) is 0 Å². The van der Waals surface area contributed by atoms with Crippen molar-refractivity contribution in [2.45, 2.75) is 69.8 Å². The van der Waals surface area contributed by atoms with Gasteiger partial charge < -0.3 is 42.7 Å². The molecule has 30 heavy (non-hydrogen) atoms. The summed E-state index contributed by atoms with van der Waals surface area (Å²) in [7, 11) is 0. The number of amides is 3. The number of carbonyl (C=O) groups is 5. The minimum absolute atomic E-state index is 0.113. The number of unbranched alkanes of at least 4 members (excludes halogenated alkanes) is 1. The second-order valence-corrected chi connectivity index (χ2v) is 6.84. The molecular weight excluding hydrogens is 402 g/mol. The number of nitrogens with two attached hydrogens (primary N) is 2. The summed E-state index contributed by atoms with van der Waals surface area (Å²) in [5, 5.41) is 34.0. The van der Waals surface area contributed by atoms with Gasteiger partial charge in [0.15, 0.2) is 0 Å². The van der Waals surface area contributed by atoms with Crippen LogP contribution < -0.4 is 27.4 Å². The van der Waals surface area contributed by atoms with Crippen molar-refractivity contribution in [1.29, 1.82) is 0 Å². The fraction of sp³-hybridized carbons (Fsp3) is 0.706. The summed E-state index contributed by atoms with van der Waals surface area (Å²) < 4.78 is 0. The highest BCUT2D eigenvalue weighted by atomic mass is 16.4. The van der Waals surface area contributed by atoms with E-state index in [4.69, 9.17) is 21.7 Å². The van der Waals surface area contributed by atoms with Crippen LogP contribution in [-0.4, -0.2) is 81.8 Å². The van der Waals surface area contributed by atoms with Gasteiger partial charge in [-0.05, 0) is 39.7 Å². The van der Waals surface area contributed by atoms with E-state index in [1.807, 2.05) is 0 Å². The first kappa shape index (κ1) is 27.2. The zero-order valence-electron chi connectivity index (χ0n) is 17.0. The van der Waals surface area contributed by atoms with Crippen molar-refractivity contribution in [3.8, 4) is 0 Å². The van der Waals surface area contributed by atoms with E-state index in [1.165, 1.54) is 13.8 Å². The first-order chi connectivity index (χ1) is 13.9. The third kappa shape index (κ3) is 10.1. The van der Waals surface area contributed by atoms with Gasteiger partial charge >= 0.3 is 11.9 Å². The number of aliphatic hydroxyl groups is 1. The minimum atomic E-state index is -1.68. The molecule has 172 valence electrons. The Morgan fingerprint density at radius 3 is 1.90 bits per heavy atom. The molecule has 0 saturated heterocycles. The Morgan fingerprint density at radius 1 is 0.867 bits per heavy atom. The lowest BCUT2D eigenvalue weighted by Gasteiger charge is -2.23. The van der Waals surface area contributed by atoms with Crippen LogP contribution >= 0.6 is 0 Å². The van der Waals surface area contributed by atoms with E-state index in [2.05, 4.69) is 16.0 Å². The Hall–Kier alpha value is -2.77. The monoisotopic (exact) mass is 433 g/mol. The maximum Gasteiger partial charge on any atom is 0.326 e. The van der Waals surface area contributed by atoms with Crippen molar-refractivity contribution in [2.24, 2.45) is 11.5 Å². The molecule has 0 heterocycles. The SMILES string of the molecule is CC(NC(=O)C(N)C(C)O)C(=O)NC(CCCCN)C(=O)NC(CC(=O)O)C(=O)O. The van der Waals surface area contributed by atoms with Crippen molar-refractivity contribution in [1.82, 2.24) is 16.0 Å². The fourth-order valence-electron chi connectivity index (χ4n) is 2.30. The number of carboxylic acid groups (broad SMARTS) is 2. The van der Waals surface area contributed by atoms with Crippen molar-refractivity contribution in [3.05, 3.63) is 0 Å². The Morgan fingerprint density at radius 2 is 1.43 bits per heavy atom. The summed E-state index contributed by atoms with van der Waals surface area (Å²) in [6.45, 7) is 2.98. The number of aliphatic hydroxyl groups excluding tert-OH is 1. The van der Waals surface area contributed by atoms with Crippen LogP contribution in [0.4, 0.5) is 0 Å². The highest BCUT2D eigenvalue weighted by Crippen LogP contribution is 2.04. The predicted molar refractivity (Wildman–Crippen MR) is 104 cm³/mol. The van der Waals surface area contributed by atoms with Gasteiger partial charge in [-0.1, -0.05) is 0 Å². The van der Waals surface area contributed by atoms with Crippen LogP contribution in [0.2, 0.25) is 0 Å². The lowest BCUT2D eigenvalue weighted by atomic mass is 10.1. The number of aliphatic carboxylic acids is 2. The molecule has 0 radical (unpaired) electrons. The largest absolute Gasteiger partial charge is 0.481 e. The normalized spacial score (nSPS) is 15.8. The van der Waals surface area contributed by atoms with Crippen LogP contribution in [0.3, 0.4) is 0 Å². The van der Waals surface area contributed by atoms with E-state index < -0.39 is 66.4 Å². The van der Waals surface area contributed by atoms with E-state index >= 15 is 0 Å². The Bertz CT molecular complexity index is 627. The molecule has 0 aromatic rings. The first-order valence-corrected chi connectivity index (χ1v) is 9.40. The summed E-state index contributed by atoms with van der Waals surface area (Å²) in [5.41, 5.74) is 10.9. The molecule has 0 rings (SSSR count). The van der Waals surface area contributed by atoms with Gasteiger partial charge in [-0.3, -0.25) is 19.2 Å². The standard InChI is InChI=1S/C17H31N5O8/c1-8(20-16(28)13(19)9(2)23)14(26)21-10(5-3-4-6-18)15(27)22-11(17(29)30)7-12(24)25/h8-11,13,23H,3-7,18-19H2,1-2H3,(H,20,28)(H,21,26)(H,22,27)(H,24,25)(H,29,30). The zero-order valence-corrected chi connectivity index (χ0v) is 17.0. The van der Waals surface area contributed by atoms with Gasteiger partial charge in [-0.15, -0.1) is 0 Å². The van der Waals surface area contributed by atoms with Gasteiger partial charge in [-0.2, -0.15) is 0 Å². The van der Waals surface area contributed by atoms with E-state index in [0.29, 0.717) is 19.4 Å². The number of nitrogens with one attached hydrogen (secondary N) is 3. The summed E-state index contributed by atoms with van der Waals surface area (Å²) in [5.74, 6) is -5.36. The molecule has 0 bridgehead atoms. The predicted octanol–water partition coefficient (Wildman–Crippen LogP) is -3.14. The van der Waals surface area contributed by atoms with E-state index in [0.717, 1.165) is 0 Å². The van der Waals surface area contributed by atoms with E-state index in [1.54, 1.807) is 0 Å². The lowest BCUT2D eigenvalue weighted by Crippen LogP contribution is -2.57. The average Bonchev–Trinajstić information content (AvgIpc) is 2.65. The number of hydrogen-bond acceptors (Lipinski definition) is 8. The van der Waals surface area contributed by atoms with Crippen LogP contribution in [0.1, 0.15) is 39.5 Å². The summed E-state index contributed by atoms with van der Waals surface area (Å²) >= 11 is 0. The third-order valence-electron chi connectivity index (χ3n) is 4.15. The fourth-order valence-corrected chi connectivity index (χ4v) is 2.30. The molecule has 0 aliphatic heterocycles. The second kappa shape index (κ2) is 13.5. The molecular formula is C17H31N5O8. The molecule has 13 heteroatoms. The number of carbonyl (C=O) groups excluding carboxylic acids is 3. The van der Waals surface area contributed by atoms with Crippen LogP contribution in [0, 0.1) is 0 Å². The van der Waals surface area contributed by atoms with E-state index in [9.17, 15) is 29.1 Å². The Balaban J connectivity index is 5.15. The molecule has 0 saturated carbocycles. The maximum absolute atomic E-state index is 12.5. The Kier molecular flexibility index (Phi) is 12.2. The topological polar surface area (TPSA) is 234 Å². The van der Waals surface area contributed by atoms with Crippen molar-refractivity contribution < 1.29 is 39.3 Å². The molecule has 5 atom stereocenters. The van der Waals surface area contributed by atoms with Crippen LogP contribution in [-0.2, 0) is 24.0 Å². The van der Waals surface area contributed by atoms with Gasteiger partial charge in [0.2, 0.25) is 17.7 Å². The molecule has 0 aromatic heterocycles. The molecule has 0 aliphatic carbocycles. The molecule has 0 fully saturated rings. The highest BCUT2D eigenvalue weighted by Gasteiger charge is 2.30. The molecule has 3 amide bonds. The smallest absolute Gasteiger partial charge is 0.326 e. The quantitative estimate of drug-likeness (QED) is 0.128. The first-order valence-electron chi connectivity index (χ1n) is 9.40. The molecule has 10 N–H and O–H groups in total. The van der Waals surface area contributed by atoms with Crippen molar-refractivity contribution in [2.75, 3.05) is 6.54 Å². The van der Waals surface area contributed by atoms with Crippen LogP contribution in [0.25, 0.3) is 0 Å². The molecule has 0 aromatic carbocycles. The van der Waals surface area contributed by atoms with Gasteiger partial charge in [0.05, 0.1) is 12.5 Å². The van der Waals surface area contributed by atoms with Crippen LogP contribution in [0.5, 0.6) is 0 Å². The number of rotatable bonds is 14. The molecule has 0 spiro atoms. The zero-order chi connectivity index (χ0) is 23.4. The summed E-state index contributed by atoms with van der Waals surface area (Å²) in [4.78, 5) is 58.6. The molecule has 5 unspecified atom stereocenters. The minimum Gasteiger partial charge on any atom is -0.481 e. The molecule has 0 aliphatic rings. The maximum atomic E-state index is 12.5. The summed E-state index contributed by atoms with van der Waals surface area (Å²) in [6.07, 6.45) is -0.903. The highest BCUT2D eigenvalue weighted by molar-refractivity contribution is 5.94.